The number of rotatable bonds is 6. The minimum Gasteiger partial charge on any atom is -0.467 e. The predicted octanol–water partition coefficient (Wildman–Crippen LogP) is 2.37. The Morgan fingerprint density at radius 1 is 1.30 bits per heavy atom. The van der Waals surface area contributed by atoms with Crippen molar-refractivity contribution in [2.45, 2.75) is 25.9 Å². The molecule has 0 aliphatic rings. The zero-order valence-electron chi connectivity index (χ0n) is 11.5. The van der Waals surface area contributed by atoms with Crippen LogP contribution < -0.4 is 5.32 Å². The normalized spacial score (nSPS) is 12.1. The van der Waals surface area contributed by atoms with Crippen molar-refractivity contribution in [2.75, 3.05) is 6.54 Å². The molecule has 4 nitrogen and oxygen atoms in total. The first kappa shape index (κ1) is 14.3. The van der Waals surface area contributed by atoms with Crippen LogP contribution in [0, 0.1) is 6.92 Å². The molecule has 106 valence electrons. The molecule has 0 spiro atoms. The van der Waals surface area contributed by atoms with E-state index in [1.165, 1.54) is 17.4 Å². The summed E-state index contributed by atoms with van der Waals surface area (Å²) < 4.78 is 5.07. The van der Waals surface area contributed by atoms with Crippen LogP contribution in [-0.4, -0.2) is 17.6 Å². The lowest BCUT2D eigenvalue weighted by Crippen LogP contribution is -2.28. The van der Waals surface area contributed by atoms with E-state index in [0.29, 0.717) is 18.6 Å². The maximum Gasteiger partial charge on any atom is 0.220 e. The number of aliphatic hydroxyl groups excluding tert-OH is 1. The Bertz CT molecular complexity index is 549. The number of aryl methyl sites for hydroxylation is 2. The second-order valence-electron chi connectivity index (χ2n) is 4.76. The monoisotopic (exact) mass is 273 g/mol. The zero-order valence-corrected chi connectivity index (χ0v) is 11.5. The van der Waals surface area contributed by atoms with Gasteiger partial charge < -0.3 is 14.8 Å². The molecule has 2 N–H and O–H groups in total. The molecule has 1 aromatic carbocycles. The number of nitrogens with one attached hydrogen (secondary N) is 1. The van der Waals surface area contributed by atoms with Crippen molar-refractivity contribution < 1.29 is 14.3 Å². The summed E-state index contributed by atoms with van der Waals surface area (Å²) in [6.07, 6.45) is 1.82. The number of carbonyl (C=O) groups excluding carboxylic acids is 1. The van der Waals surface area contributed by atoms with E-state index in [1.807, 2.05) is 31.2 Å². The first-order valence-electron chi connectivity index (χ1n) is 6.69. The van der Waals surface area contributed by atoms with Crippen molar-refractivity contribution in [1.29, 1.82) is 0 Å². The Kier molecular flexibility index (Phi) is 4.96. The summed E-state index contributed by atoms with van der Waals surface area (Å²) in [6.45, 7) is 2.20. The highest BCUT2D eigenvalue weighted by Crippen LogP contribution is 2.12. The van der Waals surface area contributed by atoms with E-state index >= 15 is 0 Å². The van der Waals surface area contributed by atoms with Gasteiger partial charge in [0.2, 0.25) is 5.91 Å². The number of benzene rings is 1. The summed E-state index contributed by atoms with van der Waals surface area (Å²) in [7, 11) is 0. The van der Waals surface area contributed by atoms with Gasteiger partial charge in [-0.3, -0.25) is 4.79 Å². The molecule has 4 heteroatoms. The second-order valence-corrected chi connectivity index (χ2v) is 4.76. The quantitative estimate of drug-likeness (QED) is 0.849. The minimum atomic E-state index is -0.799. The summed E-state index contributed by atoms with van der Waals surface area (Å²) in [5.41, 5.74) is 2.37. The molecule has 1 amide bonds. The van der Waals surface area contributed by atoms with Gasteiger partial charge in [-0.1, -0.05) is 24.3 Å². The molecule has 0 aliphatic heterocycles. The Morgan fingerprint density at radius 3 is 2.80 bits per heavy atom. The van der Waals surface area contributed by atoms with Crippen molar-refractivity contribution in [2.24, 2.45) is 0 Å². The van der Waals surface area contributed by atoms with Crippen LogP contribution in [0.3, 0.4) is 0 Å². The number of carbonyl (C=O) groups is 1. The van der Waals surface area contributed by atoms with Crippen LogP contribution in [0.5, 0.6) is 0 Å². The second kappa shape index (κ2) is 6.91. The van der Waals surface area contributed by atoms with Crippen LogP contribution in [0.1, 0.15) is 29.4 Å². The lowest BCUT2D eigenvalue weighted by atomic mass is 10.0. The highest BCUT2D eigenvalue weighted by molar-refractivity contribution is 5.76. The number of furan rings is 1. The molecular weight excluding hydrogens is 254 g/mol. The largest absolute Gasteiger partial charge is 0.467 e. The lowest BCUT2D eigenvalue weighted by molar-refractivity contribution is -0.121. The summed E-state index contributed by atoms with van der Waals surface area (Å²) in [6, 6.07) is 11.4. The van der Waals surface area contributed by atoms with Gasteiger partial charge in [0.1, 0.15) is 11.9 Å². The number of amides is 1. The third kappa shape index (κ3) is 3.96. The molecule has 0 saturated carbocycles. The maximum atomic E-state index is 11.7. The van der Waals surface area contributed by atoms with Crippen molar-refractivity contribution >= 4 is 5.91 Å². The Balaban J connectivity index is 1.75. The maximum absolute atomic E-state index is 11.7. The van der Waals surface area contributed by atoms with E-state index in [4.69, 9.17) is 4.42 Å². The van der Waals surface area contributed by atoms with Crippen molar-refractivity contribution in [3.05, 3.63) is 59.5 Å². The van der Waals surface area contributed by atoms with Crippen molar-refractivity contribution in [1.82, 2.24) is 5.32 Å². The van der Waals surface area contributed by atoms with Crippen molar-refractivity contribution in [3.8, 4) is 0 Å². The van der Waals surface area contributed by atoms with Gasteiger partial charge >= 0.3 is 0 Å². The van der Waals surface area contributed by atoms with E-state index in [9.17, 15) is 9.90 Å². The lowest BCUT2D eigenvalue weighted by Gasteiger charge is -2.10. The summed E-state index contributed by atoms with van der Waals surface area (Å²) >= 11 is 0. The highest BCUT2D eigenvalue weighted by atomic mass is 16.4. The van der Waals surface area contributed by atoms with Gasteiger partial charge in [0.25, 0.3) is 0 Å². The van der Waals surface area contributed by atoms with Gasteiger partial charge in [0.15, 0.2) is 0 Å². The van der Waals surface area contributed by atoms with Crippen LogP contribution in [0.2, 0.25) is 0 Å². The van der Waals surface area contributed by atoms with Gasteiger partial charge in [-0.25, -0.2) is 0 Å². The molecular formula is C16H19NO3. The van der Waals surface area contributed by atoms with E-state index in [1.54, 1.807) is 12.1 Å². The summed E-state index contributed by atoms with van der Waals surface area (Å²) in [4.78, 5) is 11.7. The molecule has 1 heterocycles. The summed E-state index contributed by atoms with van der Waals surface area (Å²) in [5, 5.41) is 12.5. The smallest absolute Gasteiger partial charge is 0.220 e. The van der Waals surface area contributed by atoms with Crippen LogP contribution in [0.25, 0.3) is 0 Å². The SMILES string of the molecule is Cc1ccccc1CCC(=O)NCC(O)c1ccco1. The van der Waals surface area contributed by atoms with E-state index < -0.39 is 6.10 Å². The van der Waals surface area contributed by atoms with Gasteiger partial charge in [-0.05, 0) is 36.6 Å². The molecule has 2 rings (SSSR count). The van der Waals surface area contributed by atoms with Crippen molar-refractivity contribution in [3.63, 3.8) is 0 Å². The van der Waals surface area contributed by atoms with Gasteiger partial charge in [0.05, 0.1) is 12.8 Å². The van der Waals surface area contributed by atoms with Crippen LogP contribution in [-0.2, 0) is 11.2 Å². The molecule has 20 heavy (non-hydrogen) atoms. The molecule has 0 saturated heterocycles. The molecule has 0 aliphatic carbocycles. The topological polar surface area (TPSA) is 62.5 Å². The molecule has 0 bridgehead atoms. The van der Waals surface area contributed by atoms with Crippen LogP contribution in [0.4, 0.5) is 0 Å². The minimum absolute atomic E-state index is 0.0705. The van der Waals surface area contributed by atoms with Gasteiger partial charge in [-0.15, -0.1) is 0 Å². The highest BCUT2D eigenvalue weighted by Gasteiger charge is 2.11. The fourth-order valence-corrected chi connectivity index (χ4v) is 2.02. The fraction of sp³-hybridized carbons (Fsp3) is 0.312. The van der Waals surface area contributed by atoms with Gasteiger partial charge in [0, 0.05) is 6.42 Å². The molecule has 0 radical (unpaired) electrons. The molecule has 0 fully saturated rings. The van der Waals surface area contributed by atoms with Crippen LogP contribution >= 0.6 is 0 Å². The molecule has 1 aromatic heterocycles. The van der Waals surface area contributed by atoms with E-state index in [0.717, 1.165) is 0 Å². The average Bonchev–Trinajstić information content (AvgIpc) is 2.98. The standard InChI is InChI=1S/C16H19NO3/c1-12-5-2-3-6-13(12)8-9-16(19)17-11-14(18)15-7-4-10-20-15/h2-7,10,14,18H,8-9,11H2,1H3,(H,17,19). The first-order valence-corrected chi connectivity index (χ1v) is 6.69. The van der Waals surface area contributed by atoms with Gasteiger partial charge in [-0.2, -0.15) is 0 Å². The van der Waals surface area contributed by atoms with Crippen LogP contribution in [0.15, 0.2) is 47.1 Å². The van der Waals surface area contributed by atoms with E-state index in [-0.39, 0.29) is 12.5 Å². The third-order valence-corrected chi connectivity index (χ3v) is 3.25. The third-order valence-electron chi connectivity index (χ3n) is 3.25. The zero-order chi connectivity index (χ0) is 14.4. The number of hydrogen-bond donors (Lipinski definition) is 2. The Hall–Kier alpha value is -2.07. The first-order chi connectivity index (χ1) is 9.66. The molecule has 1 atom stereocenters. The molecule has 1 unspecified atom stereocenters. The number of hydrogen-bond acceptors (Lipinski definition) is 3. The average molecular weight is 273 g/mol. The predicted molar refractivity (Wildman–Crippen MR) is 76.2 cm³/mol. The fourth-order valence-electron chi connectivity index (χ4n) is 2.02. The summed E-state index contributed by atoms with van der Waals surface area (Å²) in [5.74, 6) is 0.392. The van der Waals surface area contributed by atoms with E-state index in [2.05, 4.69) is 5.32 Å². The Labute approximate surface area is 118 Å². The molecule has 2 aromatic rings. The number of aliphatic hydroxyl groups is 1. The Morgan fingerprint density at radius 2 is 2.10 bits per heavy atom.